The Hall–Kier alpha value is -0.960. The molecule has 1 fully saturated rings. The van der Waals surface area contributed by atoms with E-state index >= 15 is 0 Å². The summed E-state index contributed by atoms with van der Waals surface area (Å²) >= 11 is 0. The molecule has 0 bridgehead atoms. The van der Waals surface area contributed by atoms with Crippen molar-refractivity contribution in [1.82, 2.24) is 10.3 Å². The molecule has 2 atom stereocenters. The molecule has 0 unspecified atom stereocenters. The number of hydrogen-bond donors (Lipinski definition) is 1. The van der Waals surface area contributed by atoms with Gasteiger partial charge in [-0.15, -0.1) is 0 Å². The Kier molecular flexibility index (Phi) is 2.27. The molecule has 0 radical (unpaired) electrons. The fraction of sp³-hybridized carbons (Fsp3) is 0.500. The molecule has 1 aliphatic carbocycles. The largest absolute Gasteiger partial charge is 0.310 e. The van der Waals surface area contributed by atoms with E-state index in [0.29, 0.717) is 6.04 Å². The number of aromatic nitrogens is 1. The Bertz CT molecular complexity index is 301. The molecule has 1 saturated carbocycles. The van der Waals surface area contributed by atoms with Crippen molar-refractivity contribution in [2.75, 3.05) is 0 Å². The molecule has 1 N–H and O–H groups in total. The quantitative estimate of drug-likeness (QED) is 0.766. The Morgan fingerprint density at radius 2 is 2.38 bits per heavy atom. The van der Waals surface area contributed by atoms with Crippen molar-refractivity contribution in [2.45, 2.75) is 25.9 Å². The van der Waals surface area contributed by atoms with E-state index in [1.807, 2.05) is 0 Å². The summed E-state index contributed by atoms with van der Waals surface area (Å²) in [6, 6.07) is 2.15. The van der Waals surface area contributed by atoms with E-state index in [9.17, 15) is 4.39 Å². The average Bonchev–Trinajstić information content (AvgIpc) is 2.79. The van der Waals surface area contributed by atoms with Crippen LogP contribution in [0, 0.1) is 11.7 Å². The van der Waals surface area contributed by atoms with Crippen LogP contribution >= 0.6 is 0 Å². The third kappa shape index (κ3) is 2.25. The van der Waals surface area contributed by atoms with Crippen LogP contribution in [0.3, 0.4) is 0 Å². The van der Waals surface area contributed by atoms with Gasteiger partial charge in [-0.05, 0) is 24.0 Å². The Morgan fingerprint density at radius 3 is 3.00 bits per heavy atom. The molecule has 0 aromatic carbocycles. The van der Waals surface area contributed by atoms with Gasteiger partial charge in [0.25, 0.3) is 0 Å². The number of pyridine rings is 1. The van der Waals surface area contributed by atoms with Gasteiger partial charge in [-0.2, -0.15) is 0 Å². The van der Waals surface area contributed by atoms with Crippen LogP contribution < -0.4 is 5.32 Å². The second kappa shape index (κ2) is 3.42. The third-order valence-electron chi connectivity index (χ3n) is 2.44. The lowest BCUT2D eigenvalue weighted by Gasteiger charge is -2.02. The first kappa shape index (κ1) is 8.63. The minimum absolute atomic E-state index is 0.261. The first-order chi connectivity index (χ1) is 6.25. The maximum Gasteiger partial charge on any atom is 0.141 e. The molecule has 0 saturated heterocycles. The van der Waals surface area contributed by atoms with Crippen molar-refractivity contribution in [2.24, 2.45) is 5.92 Å². The number of rotatable bonds is 3. The maximum absolute atomic E-state index is 12.7. The summed E-state index contributed by atoms with van der Waals surface area (Å²) in [5.41, 5.74) is 0.916. The minimum atomic E-state index is -0.261. The van der Waals surface area contributed by atoms with Gasteiger partial charge in [0.05, 0.1) is 6.20 Å². The number of nitrogens with one attached hydrogen (secondary N) is 1. The topological polar surface area (TPSA) is 24.9 Å². The highest BCUT2D eigenvalue weighted by molar-refractivity contribution is 5.10. The molecule has 13 heavy (non-hydrogen) atoms. The van der Waals surface area contributed by atoms with Crippen LogP contribution in [0.25, 0.3) is 0 Å². The summed E-state index contributed by atoms with van der Waals surface area (Å²) in [6.45, 7) is 2.93. The van der Waals surface area contributed by atoms with Crippen LogP contribution in [0.5, 0.6) is 0 Å². The molecule has 1 heterocycles. The standard InChI is InChI=1S/C10H13FN2/c1-7-2-10(7)13-5-8-3-9(11)6-12-4-8/h3-4,6-7,10,13H,2,5H2,1H3/t7-,10-/m1/s1. The third-order valence-corrected chi connectivity index (χ3v) is 2.44. The van der Waals surface area contributed by atoms with E-state index < -0.39 is 0 Å². The fourth-order valence-corrected chi connectivity index (χ4v) is 1.41. The van der Waals surface area contributed by atoms with E-state index in [1.54, 1.807) is 6.20 Å². The molecule has 1 aromatic rings. The highest BCUT2D eigenvalue weighted by atomic mass is 19.1. The summed E-state index contributed by atoms with van der Waals surface area (Å²) in [5, 5.41) is 3.34. The van der Waals surface area contributed by atoms with Crippen molar-refractivity contribution in [3.05, 3.63) is 29.8 Å². The number of nitrogens with zero attached hydrogens (tertiary/aromatic N) is 1. The van der Waals surface area contributed by atoms with E-state index in [2.05, 4.69) is 17.2 Å². The highest BCUT2D eigenvalue weighted by Gasteiger charge is 2.31. The highest BCUT2D eigenvalue weighted by Crippen LogP contribution is 2.29. The van der Waals surface area contributed by atoms with Crippen molar-refractivity contribution in [1.29, 1.82) is 0 Å². The predicted molar refractivity (Wildman–Crippen MR) is 48.6 cm³/mol. The van der Waals surface area contributed by atoms with E-state index in [-0.39, 0.29) is 5.82 Å². The summed E-state index contributed by atoms with van der Waals surface area (Å²) in [6.07, 6.45) is 4.16. The Labute approximate surface area is 77.2 Å². The average molecular weight is 180 g/mol. The molecule has 3 heteroatoms. The molecule has 0 spiro atoms. The van der Waals surface area contributed by atoms with Gasteiger partial charge < -0.3 is 5.32 Å². The summed E-state index contributed by atoms with van der Waals surface area (Å²) in [4.78, 5) is 3.79. The summed E-state index contributed by atoms with van der Waals surface area (Å²) in [5.74, 6) is 0.518. The normalized spacial score (nSPS) is 26.0. The molecular weight excluding hydrogens is 167 g/mol. The number of halogens is 1. The first-order valence-electron chi connectivity index (χ1n) is 4.58. The lowest BCUT2D eigenvalue weighted by Crippen LogP contribution is -2.17. The number of hydrogen-bond acceptors (Lipinski definition) is 2. The van der Waals surface area contributed by atoms with Crippen molar-refractivity contribution >= 4 is 0 Å². The minimum Gasteiger partial charge on any atom is -0.310 e. The van der Waals surface area contributed by atoms with Gasteiger partial charge in [-0.25, -0.2) is 4.39 Å². The molecule has 0 aliphatic heterocycles. The predicted octanol–water partition coefficient (Wildman–Crippen LogP) is 1.72. The molecular formula is C10H13FN2. The van der Waals surface area contributed by atoms with E-state index in [1.165, 1.54) is 18.7 Å². The van der Waals surface area contributed by atoms with Crippen molar-refractivity contribution in [3.63, 3.8) is 0 Å². The zero-order valence-electron chi connectivity index (χ0n) is 7.63. The molecule has 2 nitrogen and oxygen atoms in total. The smallest absolute Gasteiger partial charge is 0.141 e. The van der Waals surface area contributed by atoms with Crippen LogP contribution in [-0.4, -0.2) is 11.0 Å². The van der Waals surface area contributed by atoms with Gasteiger partial charge in [0.2, 0.25) is 0 Å². The maximum atomic E-state index is 12.7. The van der Waals surface area contributed by atoms with Gasteiger partial charge >= 0.3 is 0 Å². The Balaban J connectivity index is 1.87. The Morgan fingerprint density at radius 1 is 1.62 bits per heavy atom. The summed E-state index contributed by atoms with van der Waals surface area (Å²) in [7, 11) is 0. The fourth-order valence-electron chi connectivity index (χ4n) is 1.41. The second-order valence-corrected chi connectivity index (χ2v) is 3.71. The lowest BCUT2D eigenvalue weighted by atomic mass is 10.3. The first-order valence-corrected chi connectivity index (χ1v) is 4.58. The van der Waals surface area contributed by atoms with Crippen LogP contribution in [-0.2, 0) is 6.54 Å². The zero-order chi connectivity index (χ0) is 9.26. The van der Waals surface area contributed by atoms with E-state index in [4.69, 9.17) is 0 Å². The molecule has 70 valence electrons. The molecule has 0 amide bonds. The lowest BCUT2D eigenvalue weighted by molar-refractivity contribution is 0.608. The van der Waals surface area contributed by atoms with Gasteiger partial charge in [0.1, 0.15) is 5.82 Å². The SMILES string of the molecule is C[C@@H]1C[C@H]1NCc1cncc(F)c1. The van der Waals surface area contributed by atoms with Gasteiger partial charge in [-0.1, -0.05) is 6.92 Å². The van der Waals surface area contributed by atoms with Crippen molar-refractivity contribution in [3.8, 4) is 0 Å². The van der Waals surface area contributed by atoms with E-state index in [0.717, 1.165) is 18.0 Å². The molecule has 2 rings (SSSR count). The van der Waals surface area contributed by atoms with Crippen LogP contribution in [0.2, 0.25) is 0 Å². The van der Waals surface area contributed by atoms with Gasteiger partial charge in [0.15, 0.2) is 0 Å². The van der Waals surface area contributed by atoms with Crippen molar-refractivity contribution < 1.29 is 4.39 Å². The molecule has 1 aliphatic rings. The van der Waals surface area contributed by atoms with Crippen LogP contribution in [0.1, 0.15) is 18.9 Å². The zero-order valence-corrected chi connectivity index (χ0v) is 7.63. The second-order valence-electron chi connectivity index (χ2n) is 3.71. The molecule has 1 aromatic heterocycles. The summed E-state index contributed by atoms with van der Waals surface area (Å²) < 4.78 is 12.7. The van der Waals surface area contributed by atoms with Crippen LogP contribution in [0.4, 0.5) is 4.39 Å². The monoisotopic (exact) mass is 180 g/mol. The van der Waals surface area contributed by atoms with Gasteiger partial charge in [-0.3, -0.25) is 4.98 Å². The van der Waals surface area contributed by atoms with Crippen LogP contribution in [0.15, 0.2) is 18.5 Å². The van der Waals surface area contributed by atoms with Gasteiger partial charge in [0, 0.05) is 18.8 Å².